The summed E-state index contributed by atoms with van der Waals surface area (Å²) in [6, 6.07) is 0.470. The standard InChI is InChI=1S/C12H17N3O4/c1-7(2)4-9(12(16)17)14-11-10(15(18)19)5-8(3)6-13-11/h5-7,9H,4H2,1-3H3,(H,13,14)(H,16,17). The Morgan fingerprint density at radius 3 is 2.68 bits per heavy atom. The lowest BCUT2D eigenvalue weighted by Crippen LogP contribution is -2.31. The number of aryl methyl sites for hydroxylation is 1. The lowest BCUT2D eigenvalue weighted by molar-refractivity contribution is -0.384. The van der Waals surface area contributed by atoms with Crippen LogP contribution in [0.2, 0.25) is 0 Å². The minimum absolute atomic E-state index is 0.0105. The van der Waals surface area contributed by atoms with Crippen LogP contribution in [0.3, 0.4) is 0 Å². The quantitative estimate of drug-likeness (QED) is 0.604. The normalized spacial score (nSPS) is 12.2. The number of aromatic nitrogens is 1. The van der Waals surface area contributed by atoms with E-state index in [0.717, 1.165) is 0 Å². The Morgan fingerprint density at radius 1 is 1.58 bits per heavy atom. The number of carboxylic acids is 1. The van der Waals surface area contributed by atoms with Crippen molar-refractivity contribution < 1.29 is 14.8 Å². The second kappa shape index (κ2) is 6.12. The number of carbonyl (C=O) groups is 1. The maximum Gasteiger partial charge on any atom is 0.326 e. The number of nitrogens with one attached hydrogen (secondary N) is 1. The van der Waals surface area contributed by atoms with Crippen molar-refractivity contribution >= 4 is 17.5 Å². The van der Waals surface area contributed by atoms with E-state index in [1.807, 2.05) is 13.8 Å². The van der Waals surface area contributed by atoms with Gasteiger partial charge < -0.3 is 10.4 Å². The van der Waals surface area contributed by atoms with Gasteiger partial charge in [0.1, 0.15) is 6.04 Å². The first kappa shape index (κ1) is 14.9. The first-order chi connectivity index (χ1) is 8.81. The van der Waals surface area contributed by atoms with Gasteiger partial charge in [0.15, 0.2) is 0 Å². The number of rotatable bonds is 6. The third-order valence-corrected chi connectivity index (χ3v) is 2.52. The molecule has 1 aromatic rings. The number of pyridine rings is 1. The average Bonchev–Trinajstić information content (AvgIpc) is 2.29. The summed E-state index contributed by atoms with van der Waals surface area (Å²) in [5.74, 6) is -0.910. The summed E-state index contributed by atoms with van der Waals surface area (Å²) >= 11 is 0. The molecular weight excluding hydrogens is 250 g/mol. The molecule has 1 rings (SSSR count). The minimum Gasteiger partial charge on any atom is -0.480 e. The topological polar surface area (TPSA) is 105 Å². The SMILES string of the molecule is Cc1cnc(NC(CC(C)C)C(=O)O)c([N+](=O)[O-])c1. The number of hydrogen-bond acceptors (Lipinski definition) is 5. The summed E-state index contributed by atoms with van der Waals surface area (Å²) in [6.45, 7) is 5.45. The maximum absolute atomic E-state index is 11.1. The first-order valence-corrected chi connectivity index (χ1v) is 5.91. The van der Waals surface area contributed by atoms with Crippen LogP contribution >= 0.6 is 0 Å². The number of nitrogens with zero attached hydrogens (tertiary/aromatic N) is 2. The molecule has 0 aliphatic carbocycles. The average molecular weight is 267 g/mol. The van der Waals surface area contributed by atoms with Gasteiger partial charge in [0.05, 0.1) is 4.92 Å². The molecule has 1 atom stereocenters. The number of carboxylic acid groups (broad SMARTS) is 1. The van der Waals surface area contributed by atoms with Crippen LogP contribution in [-0.4, -0.2) is 27.0 Å². The fraction of sp³-hybridized carbons (Fsp3) is 0.500. The molecule has 0 amide bonds. The number of aliphatic carboxylic acids is 1. The van der Waals surface area contributed by atoms with E-state index in [1.165, 1.54) is 12.3 Å². The molecule has 0 spiro atoms. The van der Waals surface area contributed by atoms with Crippen molar-refractivity contribution in [1.82, 2.24) is 4.98 Å². The summed E-state index contributed by atoms with van der Waals surface area (Å²) in [7, 11) is 0. The summed E-state index contributed by atoms with van der Waals surface area (Å²) in [5.41, 5.74) is 0.433. The molecule has 1 unspecified atom stereocenters. The summed E-state index contributed by atoms with van der Waals surface area (Å²) in [4.78, 5) is 25.4. The van der Waals surface area contributed by atoms with Crippen molar-refractivity contribution in [2.24, 2.45) is 5.92 Å². The van der Waals surface area contributed by atoms with Gasteiger partial charge in [-0.1, -0.05) is 13.8 Å². The van der Waals surface area contributed by atoms with Crippen molar-refractivity contribution in [1.29, 1.82) is 0 Å². The van der Waals surface area contributed by atoms with Gasteiger partial charge in [-0.15, -0.1) is 0 Å². The van der Waals surface area contributed by atoms with Crippen LogP contribution in [0, 0.1) is 23.0 Å². The number of anilines is 1. The van der Waals surface area contributed by atoms with Crippen molar-refractivity contribution in [2.45, 2.75) is 33.2 Å². The van der Waals surface area contributed by atoms with E-state index < -0.39 is 16.9 Å². The number of hydrogen-bond donors (Lipinski definition) is 2. The zero-order valence-electron chi connectivity index (χ0n) is 11.1. The van der Waals surface area contributed by atoms with Crippen LogP contribution in [-0.2, 0) is 4.79 Å². The predicted octanol–water partition coefficient (Wildman–Crippen LogP) is 2.21. The molecule has 0 radical (unpaired) electrons. The van der Waals surface area contributed by atoms with E-state index >= 15 is 0 Å². The maximum atomic E-state index is 11.1. The van der Waals surface area contributed by atoms with Gasteiger partial charge in [0.25, 0.3) is 0 Å². The minimum atomic E-state index is -1.05. The second-order valence-corrected chi connectivity index (χ2v) is 4.80. The molecule has 0 fully saturated rings. The molecule has 7 nitrogen and oxygen atoms in total. The fourth-order valence-electron chi connectivity index (χ4n) is 1.66. The molecule has 0 saturated heterocycles. The van der Waals surface area contributed by atoms with E-state index in [0.29, 0.717) is 12.0 Å². The molecule has 0 saturated carbocycles. The third kappa shape index (κ3) is 4.20. The predicted molar refractivity (Wildman–Crippen MR) is 70.1 cm³/mol. The molecule has 0 bridgehead atoms. The highest BCUT2D eigenvalue weighted by Gasteiger charge is 2.23. The molecule has 19 heavy (non-hydrogen) atoms. The van der Waals surface area contributed by atoms with E-state index in [-0.39, 0.29) is 17.4 Å². The Kier molecular flexibility index (Phi) is 4.80. The molecule has 0 aromatic carbocycles. The van der Waals surface area contributed by atoms with Crippen LogP contribution < -0.4 is 5.32 Å². The monoisotopic (exact) mass is 267 g/mol. The molecule has 1 aromatic heterocycles. The van der Waals surface area contributed by atoms with Crippen LogP contribution in [0.5, 0.6) is 0 Å². The van der Waals surface area contributed by atoms with Gasteiger partial charge >= 0.3 is 11.7 Å². The third-order valence-electron chi connectivity index (χ3n) is 2.52. The number of nitro groups is 1. The first-order valence-electron chi connectivity index (χ1n) is 5.91. The molecule has 7 heteroatoms. The van der Waals surface area contributed by atoms with Gasteiger partial charge in [-0.2, -0.15) is 0 Å². The van der Waals surface area contributed by atoms with Crippen molar-refractivity contribution in [3.8, 4) is 0 Å². The zero-order chi connectivity index (χ0) is 14.6. The Hall–Kier alpha value is -2.18. The molecule has 1 heterocycles. The molecular formula is C12H17N3O4. The van der Waals surface area contributed by atoms with Gasteiger partial charge in [0.2, 0.25) is 5.82 Å². The summed E-state index contributed by atoms with van der Waals surface area (Å²) in [5, 5.41) is 22.7. The molecule has 104 valence electrons. The van der Waals surface area contributed by atoms with Crippen molar-refractivity contribution in [3.63, 3.8) is 0 Å². The molecule has 2 N–H and O–H groups in total. The Balaban J connectivity index is 3.02. The van der Waals surface area contributed by atoms with Crippen LogP contribution in [0.4, 0.5) is 11.5 Å². The lowest BCUT2D eigenvalue weighted by atomic mass is 10.0. The van der Waals surface area contributed by atoms with E-state index in [1.54, 1.807) is 6.92 Å². The Bertz CT molecular complexity index is 488. The van der Waals surface area contributed by atoms with Crippen LogP contribution in [0.1, 0.15) is 25.8 Å². The van der Waals surface area contributed by atoms with E-state index in [4.69, 9.17) is 5.11 Å². The van der Waals surface area contributed by atoms with E-state index in [2.05, 4.69) is 10.3 Å². The second-order valence-electron chi connectivity index (χ2n) is 4.80. The largest absolute Gasteiger partial charge is 0.480 e. The highest BCUT2D eigenvalue weighted by molar-refractivity contribution is 5.78. The Morgan fingerprint density at radius 2 is 2.21 bits per heavy atom. The van der Waals surface area contributed by atoms with Crippen LogP contribution in [0.25, 0.3) is 0 Å². The highest BCUT2D eigenvalue weighted by atomic mass is 16.6. The smallest absolute Gasteiger partial charge is 0.326 e. The Labute approximate surface area is 110 Å². The van der Waals surface area contributed by atoms with Crippen molar-refractivity contribution in [2.75, 3.05) is 5.32 Å². The van der Waals surface area contributed by atoms with E-state index in [9.17, 15) is 14.9 Å². The van der Waals surface area contributed by atoms with Gasteiger partial charge in [-0.3, -0.25) is 10.1 Å². The van der Waals surface area contributed by atoms with Gasteiger partial charge in [0, 0.05) is 12.3 Å². The lowest BCUT2D eigenvalue weighted by Gasteiger charge is -2.16. The van der Waals surface area contributed by atoms with Crippen molar-refractivity contribution in [3.05, 3.63) is 27.9 Å². The summed E-state index contributed by atoms with van der Waals surface area (Å²) in [6.07, 6.45) is 1.83. The molecule has 0 aliphatic rings. The fourth-order valence-corrected chi connectivity index (χ4v) is 1.66. The highest BCUT2D eigenvalue weighted by Crippen LogP contribution is 2.24. The summed E-state index contributed by atoms with van der Waals surface area (Å²) < 4.78 is 0. The zero-order valence-corrected chi connectivity index (χ0v) is 11.1. The van der Waals surface area contributed by atoms with Gasteiger partial charge in [-0.05, 0) is 24.8 Å². The molecule has 0 aliphatic heterocycles. The van der Waals surface area contributed by atoms with Gasteiger partial charge in [-0.25, -0.2) is 9.78 Å². The van der Waals surface area contributed by atoms with Crippen LogP contribution in [0.15, 0.2) is 12.3 Å².